The molecule has 0 unspecified atom stereocenters. The summed E-state index contributed by atoms with van der Waals surface area (Å²) in [6.07, 6.45) is 7.00. The fraction of sp³-hybridized carbons (Fsp3) is 0.263. The average molecular weight is 336 g/mol. The molecule has 3 N–H and O–H groups in total. The molecule has 4 rings (SSSR count). The lowest BCUT2D eigenvalue weighted by Gasteiger charge is -2.11. The highest BCUT2D eigenvalue weighted by Crippen LogP contribution is 2.24. The zero-order valence-corrected chi connectivity index (χ0v) is 13.9. The molecule has 2 aromatic heterocycles. The number of carbonyl (C=O) groups is 1. The van der Waals surface area contributed by atoms with Crippen LogP contribution in [0.4, 0.5) is 5.69 Å². The number of nitrogens with zero attached hydrogens (tertiary/aromatic N) is 2. The number of furan rings is 1. The number of fused-ring (bicyclic) bond motifs is 1. The first kappa shape index (κ1) is 15.7. The largest absolute Gasteiger partial charge is 0.467 e. The third kappa shape index (κ3) is 3.21. The van der Waals surface area contributed by atoms with Crippen molar-refractivity contribution in [2.24, 2.45) is 5.73 Å². The molecule has 0 fully saturated rings. The van der Waals surface area contributed by atoms with E-state index in [1.165, 1.54) is 19.1 Å². The Balaban J connectivity index is 1.48. The van der Waals surface area contributed by atoms with Crippen LogP contribution in [0, 0.1) is 0 Å². The number of amides is 1. The monoisotopic (exact) mass is 336 g/mol. The van der Waals surface area contributed by atoms with Gasteiger partial charge in [0.2, 0.25) is 0 Å². The third-order valence-corrected chi connectivity index (χ3v) is 4.46. The highest BCUT2D eigenvalue weighted by Gasteiger charge is 2.14. The lowest BCUT2D eigenvalue weighted by Crippen LogP contribution is -2.10. The predicted molar refractivity (Wildman–Crippen MR) is 95.2 cm³/mol. The summed E-state index contributed by atoms with van der Waals surface area (Å²) in [5.74, 6) is 1.53. The zero-order chi connectivity index (χ0) is 17.2. The molecule has 128 valence electrons. The maximum absolute atomic E-state index is 12.2. The van der Waals surface area contributed by atoms with Gasteiger partial charge in [-0.1, -0.05) is 12.1 Å². The number of hydrogen-bond acceptors (Lipinski definition) is 4. The Morgan fingerprint density at radius 3 is 2.84 bits per heavy atom. The molecule has 0 bridgehead atoms. The smallest absolute Gasteiger partial charge is 0.258 e. The van der Waals surface area contributed by atoms with Crippen molar-refractivity contribution in [2.45, 2.75) is 32.4 Å². The minimum Gasteiger partial charge on any atom is -0.467 e. The Bertz CT molecular complexity index is 869. The van der Waals surface area contributed by atoms with Crippen LogP contribution in [0.5, 0.6) is 0 Å². The number of benzene rings is 1. The Morgan fingerprint density at radius 2 is 2.12 bits per heavy atom. The Morgan fingerprint density at radius 1 is 1.28 bits per heavy atom. The minimum atomic E-state index is -0.214. The number of imidazole rings is 1. The second-order valence-electron chi connectivity index (χ2n) is 6.23. The van der Waals surface area contributed by atoms with Gasteiger partial charge in [-0.25, -0.2) is 4.98 Å². The second-order valence-corrected chi connectivity index (χ2v) is 6.23. The van der Waals surface area contributed by atoms with Crippen LogP contribution < -0.4 is 11.1 Å². The van der Waals surface area contributed by atoms with Crippen LogP contribution >= 0.6 is 0 Å². The summed E-state index contributed by atoms with van der Waals surface area (Å²) in [6, 6.07) is 9.37. The van der Waals surface area contributed by atoms with E-state index in [4.69, 9.17) is 15.1 Å². The first-order valence-corrected chi connectivity index (χ1v) is 8.48. The van der Waals surface area contributed by atoms with Gasteiger partial charge in [-0.2, -0.15) is 0 Å². The Labute approximate surface area is 145 Å². The molecule has 6 heteroatoms. The van der Waals surface area contributed by atoms with Gasteiger partial charge in [0.05, 0.1) is 17.8 Å². The summed E-state index contributed by atoms with van der Waals surface area (Å²) >= 11 is 0. The van der Waals surface area contributed by atoms with Crippen LogP contribution in [-0.2, 0) is 19.5 Å². The predicted octanol–water partition coefficient (Wildman–Crippen LogP) is 3.19. The van der Waals surface area contributed by atoms with Crippen LogP contribution in [0.15, 0.2) is 47.2 Å². The van der Waals surface area contributed by atoms with E-state index in [1.807, 2.05) is 24.3 Å². The number of carbonyl (C=O) groups excluding carboxylic acids is 1. The maximum Gasteiger partial charge on any atom is 0.258 e. The summed E-state index contributed by atoms with van der Waals surface area (Å²) in [7, 11) is 0. The van der Waals surface area contributed by atoms with Crippen molar-refractivity contribution in [3.63, 3.8) is 0 Å². The van der Waals surface area contributed by atoms with Gasteiger partial charge >= 0.3 is 0 Å². The lowest BCUT2D eigenvalue weighted by atomic mass is 10.1. The van der Waals surface area contributed by atoms with E-state index in [1.54, 1.807) is 6.07 Å². The topological polar surface area (TPSA) is 86.1 Å². The van der Waals surface area contributed by atoms with Crippen molar-refractivity contribution in [1.29, 1.82) is 0 Å². The highest BCUT2D eigenvalue weighted by molar-refractivity contribution is 6.04. The number of aryl methyl sites for hydroxylation is 2. The molecule has 0 radical (unpaired) electrons. The molecule has 3 aromatic rings. The van der Waals surface area contributed by atoms with Crippen molar-refractivity contribution in [2.75, 3.05) is 5.32 Å². The molecule has 1 amide bonds. The van der Waals surface area contributed by atoms with Crippen molar-refractivity contribution in [3.05, 3.63) is 59.9 Å². The van der Waals surface area contributed by atoms with E-state index in [0.717, 1.165) is 35.7 Å². The quantitative estimate of drug-likeness (QED) is 0.766. The number of anilines is 1. The molecule has 0 saturated heterocycles. The molecule has 0 aliphatic carbocycles. The average Bonchev–Trinajstić information content (AvgIpc) is 3.29. The fourth-order valence-electron chi connectivity index (χ4n) is 3.09. The molecule has 1 aliphatic rings. The normalized spacial score (nSPS) is 13.5. The molecule has 25 heavy (non-hydrogen) atoms. The molecule has 1 aliphatic heterocycles. The van der Waals surface area contributed by atoms with E-state index < -0.39 is 0 Å². The van der Waals surface area contributed by atoms with Crippen molar-refractivity contribution < 1.29 is 9.21 Å². The SMILES string of the molecule is NCc1cc(C(=O)Nc2ccc(-c3cn4c(n3)CCCC4)cc2)co1. The fourth-order valence-corrected chi connectivity index (χ4v) is 3.09. The third-order valence-electron chi connectivity index (χ3n) is 4.46. The first-order chi connectivity index (χ1) is 12.2. The van der Waals surface area contributed by atoms with Crippen LogP contribution in [-0.4, -0.2) is 15.5 Å². The molecular weight excluding hydrogens is 316 g/mol. The molecule has 1 aromatic carbocycles. The summed E-state index contributed by atoms with van der Waals surface area (Å²) in [5, 5.41) is 2.86. The zero-order valence-electron chi connectivity index (χ0n) is 13.9. The number of hydrogen-bond donors (Lipinski definition) is 2. The summed E-state index contributed by atoms with van der Waals surface area (Å²) in [5.41, 5.74) is 8.72. The van der Waals surface area contributed by atoms with E-state index in [2.05, 4.69) is 16.1 Å². The van der Waals surface area contributed by atoms with E-state index >= 15 is 0 Å². The number of rotatable bonds is 4. The molecule has 0 spiro atoms. The Hall–Kier alpha value is -2.86. The van der Waals surface area contributed by atoms with Crippen molar-refractivity contribution in [1.82, 2.24) is 9.55 Å². The molecule has 6 nitrogen and oxygen atoms in total. The van der Waals surface area contributed by atoms with Gasteiger partial charge in [-0.3, -0.25) is 4.79 Å². The molecule has 0 saturated carbocycles. The van der Waals surface area contributed by atoms with E-state index in [-0.39, 0.29) is 12.5 Å². The standard InChI is InChI=1S/C19H20N4O2/c20-10-16-9-14(12-25-16)19(24)21-15-6-4-13(5-7-15)17-11-23-8-2-1-3-18(23)22-17/h4-7,9,11-12H,1-3,8,10,20H2,(H,21,24). The van der Waals surface area contributed by atoms with Crippen LogP contribution in [0.1, 0.15) is 34.8 Å². The second kappa shape index (κ2) is 6.57. The van der Waals surface area contributed by atoms with Gasteiger partial charge in [0.25, 0.3) is 5.91 Å². The lowest BCUT2D eigenvalue weighted by molar-refractivity contribution is 0.102. The number of nitrogens with one attached hydrogen (secondary N) is 1. The minimum absolute atomic E-state index is 0.214. The van der Waals surface area contributed by atoms with E-state index in [0.29, 0.717) is 11.3 Å². The molecule has 3 heterocycles. The van der Waals surface area contributed by atoms with E-state index in [9.17, 15) is 4.79 Å². The van der Waals surface area contributed by atoms with Crippen LogP contribution in [0.3, 0.4) is 0 Å². The van der Waals surface area contributed by atoms with Gasteiger partial charge in [0, 0.05) is 30.4 Å². The molecule has 0 atom stereocenters. The Kier molecular flexibility index (Phi) is 4.11. The van der Waals surface area contributed by atoms with Crippen LogP contribution in [0.25, 0.3) is 11.3 Å². The van der Waals surface area contributed by atoms with Crippen molar-refractivity contribution >= 4 is 11.6 Å². The van der Waals surface area contributed by atoms with Gasteiger partial charge in [-0.15, -0.1) is 0 Å². The highest BCUT2D eigenvalue weighted by atomic mass is 16.3. The van der Waals surface area contributed by atoms with Gasteiger partial charge in [0.15, 0.2) is 0 Å². The first-order valence-electron chi connectivity index (χ1n) is 8.48. The summed E-state index contributed by atoms with van der Waals surface area (Å²) in [4.78, 5) is 16.9. The summed E-state index contributed by atoms with van der Waals surface area (Å²) in [6.45, 7) is 1.32. The molecular formula is C19H20N4O2. The number of aromatic nitrogens is 2. The maximum atomic E-state index is 12.2. The van der Waals surface area contributed by atoms with Gasteiger partial charge < -0.3 is 20.0 Å². The number of nitrogens with two attached hydrogens (primary N) is 1. The summed E-state index contributed by atoms with van der Waals surface area (Å²) < 4.78 is 7.43. The van der Waals surface area contributed by atoms with Gasteiger partial charge in [-0.05, 0) is 31.0 Å². The van der Waals surface area contributed by atoms with Gasteiger partial charge in [0.1, 0.15) is 17.8 Å². The van der Waals surface area contributed by atoms with Crippen molar-refractivity contribution in [3.8, 4) is 11.3 Å². The van der Waals surface area contributed by atoms with Crippen LogP contribution in [0.2, 0.25) is 0 Å².